The molecular formula is C34H43N3O. The van der Waals surface area contributed by atoms with Crippen molar-refractivity contribution in [3.63, 3.8) is 0 Å². The molecule has 0 saturated carbocycles. The number of aromatic nitrogens is 2. The molecule has 3 aromatic carbocycles. The van der Waals surface area contributed by atoms with E-state index in [0.29, 0.717) is 5.92 Å². The molecule has 1 N–H and O–H groups in total. The number of aliphatic imine (C=N–C) groups is 1. The summed E-state index contributed by atoms with van der Waals surface area (Å²) in [4.78, 5) is 12.0. The molecule has 0 aliphatic heterocycles. The maximum Gasteiger partial charge on any atom is 0.122 e. The van der Waals surface area contributed by atoms with Crippen LogP contribution < -0.4 is 15.2 Å². The average molecular weight is 510 g/mol. The largest absolute Gasteiger partial charge is 0.493 e. The first-order chi connectivity index (χ1) is 18.2. The van der Waals surface area contributed by atoms with Crippen molar-refractivity contribution in [2.24, 2.45) is 10.9 Å². The zero-order chi connectivity index (χ0) is 27.7. The number of rotatable bonds is 8. The first-order valence-corrected chi connectivity index (χ1v) is 13.7. The number of ether oxygens (including phenoxy) is 1. The van der Waals surface area contributed by atoms with Crippen LogP contribution in [-0.4, -0.2) is 22.8 Å². The third kappa shape index (κ3) is 7.67. The van der Waals surface area contributed by atoms with Gasteiger partial charge in [-0.2, -0.15) is 0 Å². The molecule has 0 saturated heterocycles. The molecule has 0 radical (unpaired) electrons. The normalized spacial score (nSPS) is 12.8. The topological polar surface area (TPSA) is 50.3 Å². The molecule has 0 aliphatic rings. The predicted molar refractivity (Wildman–Crippen MR) is 164 cm³/mol. The molecule has 200 valence electrons. The molecule has 1 aromatic heterocycles. The molecule has 4 aromatic rings. The highest BCUT2D eigenvalue weighted by Crippen LogP contribution is 2.29. The highest BCUT2D eigenvalue weighted by atomic mass is 16.5. The average Bonchev–Trinajstić information content (AvgIpc) is 3.29. The minimum absolute atomic E-state index is 0.717. The van der Waals surface area contributed by atoms with Gasteiger partial charge in [-0.05, 0) is 98.7 Å². The van der Waals surface area contributed by atoms with Gasteiger partial charge in [0.05, 0.1) is 17.6 Å². The Morgan fingerprint density at radius 2 is 1.79 bits per heavy atom. The summed E-state index contributed by atoms with van der Waals surface area (Å²) in [6.07, 6.45) is 5.09. The van der Waals surface area contributed by atoms with E-state index in [1.54, 1.807) is 6.21 Å². The van der Waals surface area contributed by atoms with Crippen molar-refractivity contribution in [2.45, 2.75) is 67.7 Å². The first kappa shape index (κ1) is 28.9. The van der Waals surface area contributed by atoms with E-state index in [2.05, 4.69) is 97.8 Å². The van der Waals surface area contributed by atoms with Crippen molar-refractivity contribution >= 4 is 29.5 Å². The number of hydrogen-bond acceptors (Lipinski definition) is 3. The van der Waals surface area contributed by atoms with Crippen LogP contribution in [0.25, 0.3) is 34.4 Å². The second-order valence-corrected chi connectivity index (χ2v) is 10.0. The number of benzene rings is 3. The number of aromatic amines is 1. The summed E-state index contributed by atoms with van der Waals surface area (Å²) in [6.45, 7) is 19.4. The third-order valence-electron chi connectivity index (χ3n) is 6.92. The molecule has 0 fully saturated rings. The summed E-state index contributed by atoms with van der Waals surface area (Å²) >= 11 is 0. The van der Waals surface area contributed by atoms with Gasteiger partial charge >= 0.3 is 0 Å². The predicted octanol–water partition coefficient (Wildman–Crippen LogP) is 7.54. The lowest BCUT2D eigenvalue weighted by atomic mass is 10.0. The van der Waals surface area contributed by atoms with Crippen molar-refractivity contribution in [2.75, 3.05) is 6.61 Å². The zero-order valence-corrected chi connectivity index (χ0v) is 24.2. The monoisotopic (exact) mass is 509 g/mol. The maximum absolute atomic E-state index is 6.05. The molecule has 0 spiro atoms. The summed E-state index contributed by atoms with van der Waals surface area (Å²) in [7, 11) is 0. The lowest BCUT2D eigenvalue weighted by molar-refractivity contribution is 0.279. The Hall–Kier alpha value is -3.66. The minimum Gasteiger partial charge on any atom is -0.493 e. The number of nitrogens with zero attached hydrogens (tertiary/aromatic N) is 2. The highest BCUT2D eigenvalue weighted by molar-refractivity contribution is 5.82. The van der Waals surface area contributed by atoms with Crippen molar-refractivity contribution in [1.29, 1.82) is 0 Å². The van der Waals surface area contributed by atoms with Gasteiger partial charge in [-0.15, -0.1) is 0 Å². The van der Waals surface area contributed by atoms with Crippen LogP contribution >= 0.6 is 0 Å². The van der Waals surface area contributed by atoms with E-state index < -0.39 is 0 Å². The second-order valence-electron chi connectivity index (χ2n) is 10.0. The Morgan fingerprint density at radius 1 is 1.05 bits per heavy atom. The van der Waals surface area contributed by atoms with E-state index in [1.165, 1.54) is 28.7 Å². The Bertz CT molecular complexity index is 1500. The van der Waals surface area contributed by atoms with Gasteiger partial charge in [0.25, 0.3) is 0 Å². The quantitative estimate of drug-likeness (QED) is 0.249. The smallest absolute Gasteiger partial charge is 0.122 e. The van der Waals surface area contributed by atoms with Gasteiger partial charge in [0.15, 0.2) is 0 Å². The number of imidazole rings is 1. The molecular weight excluding hydrogens is 466 g/mol. The number of H-pyrrole nitrogens is 1. The summed E-state index contributed by atoms with van der Waals surface area (Å²) in [6, 6.07) is 19.1. The van der Waals surface area contributed by atoms with E-state index in [9.17, 15) is 0 Å². The van der Waals surface area contributed by atoms with E-state index in [4.69, 9.17) is 4.74 Å². The molecule has 4 nitrogen and oxygen atoms in total. The number of nitrogens with one attached hydrogen (secondary N) is 1. The highest BCUT2D eigenvalue weighted by Gasteiger charge is 2.08. The molecule has 38 heavy (non-hydrogen) atoms. The Kier molecular flexibility index (Phi) is 10.5. The molecule has 0 bridgehead atoms. The summed E-state index contributed by atoms with van der Waals surface area (Å²) in [5.41, 5.74) is 8.06. The van der Waals surface area contributed by atoms with Gasteiger partial charge in [-0.25, -0.2) is 4.98 Å². The molecule has 1 heterocycles. The maximum atomic E-state index is 6.05. The van der Waals surface area contributed by atoms with Gasteiger partial charge in [-0.1, -0.05) is 63.6 Å². The van der Waals surface area contributed by atoms with Crippen LogP contribution in [0.15, 0.2) is 59.6 Å². The van der Waals surface area contributed by atoms with Gasteiger partial charge in [0.1, 0.15) is 11.6 Å². The van der Waals surface area contributed by atoms with Gasteiger partial charge < -0.3 is 9.72 Å². The third-order valence-corrected chi connectivity index (χ3v) is 6.92. The molecule has 4 rings (SSSR count). The van der Waals surface area contributed by atoms with E-state index >= 15 is 0 Å². The fourth-order valence-electron chi connectivity index (χ4n) is 4.36. The summed E-state index contributed by atoms with van der Waals surface area (Å²) in [5.74, 6) is 2.69. The zero-order valence-electron chi connectivity index (χ0n) is 24.2. The Morgan fingerprint density at radius 3 is 2.50 bits per heavy atom. The Labute approximate surface area is 228 Å². The minimum atomic E-state index is 0.717. The van der Waals surface area contributed by atoms with Crippen LogP contribution in [0, 0.1) is 19.8 Å². The molecule has 4 heteroatoms. The van der Waals surface area contributed by atoms with Crippen molar-refractivity contribution in [3.8, 4) is 16.9 Å². The van der Waals surface area contributed by atoms with Crippen LogP contribution in [-0.2, 0) is 6.42 Å². The van der Waals surface area contributed by atoms with Gasteiger partial charge in [-0.3, -0.25) is 4.99 Å². The number of fused-ring (bicyclic) bond motifs is 1. The van der Waals surface area contributed by atoms with E-state index in [1.807, 2.05) is 26.8 Å². The van der Waals surface area contributed by atoms with Crippen molar-refractivity contribution in [3.05, 3.63) is 82.0 Å². The van der Waals surface area contributed by atoms with Crippen LogP contribution in [0.5, 0.6) is 5.75 Å². The SMILES string of the molecule is C=c1ccc(C)c/c1=C(\C)N=CC.CCc1cc(-c2ccc3nc(C)[nH]c3c2)ccc1OCCC(C)CC. The van der Waals surface area contributed by atoms with Gasteiger partial charge in [0.2, 0.25) is 0 Å². The first-order valence-electron chi connectivity index (χ1n) is 13.7. The standard InChI is InChI=1S/C22H28N2O.C12H15N/c1-5-15(3)11-12-25-22-10-8-18(13-17(22)6-2)19-7-9-20-21(14-19)24-16(4)23-20;1-5-13-11(4)12-8-9(2)6-7-10(12)3/h7-10,13-15H,5-6,11-12H2,1-4H3,(H,23,24);5-8H,3H2,1-2,4H3/b;12-11-,13-5?. The molecule has 1 unspecified atom stereocenters. The van der Waals surface area contributed by atoms with Crippen LogP contribution in [0.4, 0.5) is 0 Å². The molecule has 0 amide bonds. The Balaban J connectivity index is 0.000000260. The summed E-state index contributed by atoms with van der Waals surface area (Å²) in [5, 5.41) is 2.17. The molecule has 0 aliphatic carbocycles. The summed E-state index contributed by atoms with van der Waals surface area (Å²) < 4.78 is 6.05. The molecule has 1 atom stereocenters. The lowest BCUT2D eigenvalue weighted by Crippen LogP contribution is -2.24. The lowest BCUT2D eigenvalue weighted by Gasteiger charge is -2.14. The number of hydrogen-bond donors (Lipinski definition) is 1. The second kappa shape index (κ2) is 13.8. The fourth-order valence-corrected chi connectivity index (χ4v) is 4.36. The van der Waals surface area contributed by atoms with Crippen LogP contribution in [0.2, 0.25) is 0 Å². The van der Waals surface area contributed by atoms with Crippen molar-refractivity contribution in [1.82, 2.24) is 9.97 Å². The van der Waals surface area contributed by atoms with Crippen LogP contribution in [0.1, 0.15) is 64.4 Å². The van der Waals surface area contributed by atoms with Gasteiger partial charge in [0, 0.05) is 17.1 Å². The van der Waals surface area contributed by atoms with E-state index in [0.717, 1.165) is 58.2 Å². The number of aryl methyl sites for hydroxylation is 3. The fraction of sp³-hybridized carbons (Fsp3) is 0.353. The van der Waals surface area contributed by atoms with Crippen molar-refractivity contribution < 1.29 is 4.74 Å². The van der Waals surface area contributed by atoms with Crippen LogP contribution in [0.3, 0.4) is 0 Å². The van der Waals surface area contributed by atoms with E-state index in [-0.39, 0.29) is 0 Å².